The summed E-state index contributed by atoms with van der Waals surface area (Å²) in [5.41, 5.74) is 0. The highest BCUT2D eigenvalue weighted by molar-refractivity contribution is 5.80. The van der Waals surface area contributed by atoms with Crippen molar-refractivity contribution in [3.05, 3.63) is 0 Å². The van der Waals surface area contributed by atoms with Crippen molar-refractivity contribution in [2.75, 3.05) is 66.6 Å². The first-order valence-electron chi connectivity index (χ1n) is 9.66. The molecular weight excluding hydrogens is 302 g/mol. The second-order valence-corrected chi connectivity index (χ2v) is 7.24. The summed E-state index contributed by atoms with van der Waals surface area (Å²) in [5.74, 6) is 1.70. The second kappa shape index (κ2) is 10.9. The highest BCUT2D eigenvalue weighted by Gasteiger charge is 2.20. The first-order valence-corrected chi connectivity index (χ1v) is 9.66. The summed E-state index contributed by atoms with van der Waals surface area (Å²) >= 11 is 0. The number of hydrogen-bond donors (Lipinski definition) is 2. The smallest absolute Gasteiger partial charge is 0.191 e. The van der Waals surface area contributed by atoms with Crippen LogP contribution in [-0.2, 0) is 4.74 Å². The van der Waals surface area contributed by atoms with Crippen molar-refractivity contribution in [2.24, 2.45) is 10.9 Å². The third-order valence-corrected chi connectivity index (χ3v) is 5.11. The Balaban J connectivity index is 1.75. The van der Waals surface area contributed by atoms with E-state index in [1.165, 1.54) is 38.8 Å². The molecule has 6 nitrogen and oxygen atoms in total. The van der Waals surface area contributed by atoms with Crippen molar-refractivity contribution in [1.82, 2.24) is 20.4 Å². The monoisotopic (exact) mass is 339 g/mol. The van der Waals surface area contributed by atoms with Gasteiger partial charge in [-0.3, -0.25) is 4.99 Å². The van der Waals surface area contributed by atoms with Crippen LogP contribution in [0.3, 0.4) is 0 Å². The van der Waals surface area contributed by atoms with Gasteiger partial charge in [-0.2, -0.15) is 0 Å². The SMILES string of the molecule is CCNC(=NCC1CCCN(C)C1)NC1CCN(CCOC)CC1. The lowest BCUT2D eigenvalue weighted by Gasteiger charge is -2.33. The van der Waals surface area contributed by atoms with E-state index < -0.39 is 0 Å². The van der Waals surface area contributed by atoms with Gasteiger partial charge >= 0.3 is 0 Å². The van der Waals surface area contributed by atoms with Crippen molar-refractivity contribution in [2.45, 2.75) is 38.6 Å². The lowest BCUT2D eigenvalue weighted by atomic mass is 9.99. The Hall–Kier alpha value is -0.850. The topological polar surface area (TPSA) is 52.1 Å². The number of likely N-dealkylation sites (tertiary alicyclic amines) is 2. The number of guanidine groups is 1. The molecule has 1 atom stereocenters. The van der Waals surface area contributed by atoms with E-state index in [9.17, 15) is 0 Å². The molecule has 1 unspecified atom stereocenters. The fraction of sp³-hybridized carbons (Fsp3) is 0.944. The average Bonchev–Trinajstić information content (AvgIpc) is 2.59. The summed E-state index contributed by atoms with van der Waals surface area (Å²) in [7, 11) is 3.99. The summed E-state index contributed by atoms with van der Waals surface area (Å²) < 4.78 is 5.18. The molecular formula is C18H37N5O. The molecule has 0 aromatic heterocycles. The zero-order valence-electron chi connectivity index (χ0n) is 15.9. The molecule has 2 fully saturated rings. The predicted octanol–water partition coefficient (Wildman–Crippen LogP) is 0.994. The third-order valence-electron chi connectivity index (χ3n) is 5.11. The lowest BCUT2D eigenvalue weighted by molar-refractivity contribution is 0.128. The van der Waals surface area contributed by atoms with Crippen molar-refractivity contribution >= 4 is 5.96 Å². The zero-order chi connectivity index (χ0) is 17.2. The number of aliphatic imine (C=N–C) groups is 1. The lowest BCUT2D eigenvalue weighted by Crippen LogP contribution is -2.49. The Kier molecular flexibility index (Phi) is 8.84. The Labute approximate surface area is 148 Å². The minimum Gasteiger partial charge on any atom is -0.383 e. The van der Waals surface area contributed by atoms with Gasteiger partial charge in [0.2, 0.25) is 0 Å². The first-order chi connectivity index (χ1) is 11.7. The largest absolute Gasteiger partial charge is 0.383 e. The van der Waals surface area contributed by atoms with Crippen molar-refractivity contribution in [3.63, 3.8) is 0 Å². The quantitative estimate of drug-likeness (QED) is 0.535. The number of nitrogens with zero attached hydrogens (tertiary/aromatic N) is 3. The molecule has 2 heterocycles. The zero-order valence-corrected chi connectivity index (χ0v) is 15.9. The molecule has 0 aromatic carbocycles. The first kappa shape index (κ1) is 19.5. The van der Waals surface area contributed by atoms with Gasteiger partial charge in [-0.1, -0.05) is 0 Å². The predicted molar refractivity (Wildman–Crippen MR) is 101 cm³/mol. The van der Waals surface area contributed by atoms with Crippen molar-refractivity contribution < 1.29 is 4.74 Å². The van der Waals surface area contributed by atoms with Gasteiger partial charge in [0.15, 0.2) is 5.96 Å². The van der Waals surface area contributed by atoms with Crippen LogP contribution in [0.1, 0.15) is 32.6 Å². The summed E-state index contributed by atoms with van der Waals surface area (Å²) in [4.78, 5) is 9.79. The maximum atomic E-state index is 5.18. The molecule has 0 bridgehead atoms. The molecule has 2 aliphatic heterocycles. The van der Waals surface area contributed by atoms with Gasteiger partial charge in [0.05, 0.1) is 6.61 Å². The van der Waals surface area contributed by atoms with E-state index in [1.807, 2.05) is 0 Å². The van der Waals surface area contributed by atoms with Crippen LogP contribution >= 0.6 is 0 Å². The fourth-order valence-electron chi connectivity index (χ4n) is 3.68. The third kappa shape index (κ3) is 6.95. The van der Waals surface area contributed by atoms with Gasteiger partial charge in [0, 0.05) is 52.4 Å². The normalized spacial score (nSPS) is 25.0. The molecule has 0 spiro atoms. The van der Waals surface area contributed by atoms with Crippen LogP contribution in [0.5, 0.6) is 0 Å². The van der Waals surface area contributed by atoms with Gasteiger partial charge in [-0.05, 0) is 52.1 Å². The maximum Gasteiger partial charge on any atom is 0.191 e. The van der Waals surface area contributed by atoms with Crippen LogP contribution in [0.4, 0.5) is 0 Å². The van der Waals surface area contributed by atoms with E-state index in [0.717, 1.165) is 45.3 Å². The van der Waals surface area contributed by atoms with E-state index in [4.69, 9.17) is 9.73 Å². The molecule has 2 N–H and O–H groups in total. The number of nitrogens with one attached hydrogen (secondary N) is 2. The van der Waals surface area contributed by atoms with Crippen LogP contribution < -0.4 is 10.6 Å². The molecule has 140 valence electrons. The number of rotatable bonds is 7. The van der Waals surface area contributed by atoms with Gasteiger partial charge in [-0.15, -0.1) is 0 Å². The number of methoxy groups -OCH3 is 1. The van der Waals surface area contributed by atoms with Gasteiger partial charge in [-0.25, -0.2) is 0 Å². The van der Waals surface area contributed by atoms with E-state index >= 15 is 0 Å². The summed E-state index contributed by atoms with van der Waals surface area (Å²) in [5, 5.41) is 7.07. The molecule has 2 saturated heterocycles. The van der Waals surface area contributed by atoms with Gasteiger partial charge in [0.1, 0.15) is 0 Å². The Morgan fingerprint density at radius 1 is 1.21 bits per heavy atom. The van der Waals surface area contributed by atoms with Gasteiger partial charge in [0.25, 0.3) is 0 Å². The number of piperidine rings is 2. The summed E-state index contributed by atoms with van der Waals surface area (Å²) in [6, 6.07) is 0.538. The number of ether oxygens (including phenoxy) is 1. The Bertz CT molecular complexity index is 368. The average molecular weight is 340 g/mol. The van der Waals surface area contributed by atoms with Crippen LogP contribution in [0, 0.1) is 5.92 Å². The Morgan fingerprint density at radius 3 is 2.67 bits per heavy atom. The van der Waals surface area contributed by atoms with E-state index in [-0.39, 0.29) is 0 Å². The van der Waals surface area contributed by atoms with E-state index in [0.29, 0.717) is 12.0 Å². The van der Waals surface area contributed by atoms with Crippen molar-refractivity contribution in [1.29, 1.82) is 0 Å². The minimum atomic E-state index is 0.538. The van der Waals surface area contributed by atoms with Crippen LogP contribution in [0.15, 0.2) is 4.99 Å². The second-order valence-electron chi connectivity index (χ2n) is 7.24. The van der Waals surface area contributed by atoms with Crippen LogP contribution in [0.2, 0.25) is 0 Å². The molecule has 0 aliphatic carbocycles. The minimum absolute atomic E-state index is 0.538. The summed E-state index contributed by atoms with van der Waals surface area (Å²) in [6.07, 6.45) is 4.98. The molecule has 0 amide bonds. The maximum absolute atomic E-state index is 5.18. The standard InChI is InChI=1S/C18H37N5O/c1-4-19-18(20-14-16-6-5-9-22(2)15-16)21-17-7-10-23(11-8-17)12-13-24-3/h16-17H,4-15H2,1-3H3,(H2,19,20,21). The van der Waals surface area contributed by atoms with Gasteiger partial charge < -0.3 is 25.2 Å². The molecule has 2 aliphatic rings. The number of hydrogen-bond acceptors (Lipinski definition) is 4. The molecule has 0 radical (unpaired) electrons. The molecule has 24 heavy (non-hydrogen) atoms. The van der Waals surface area contributed by atoms with E-state index in [1.54, 1.807) is 7.11 Å². The summed E-state index contributed by atoms with van der Waals surface area (Å²) in [6.45, 7) is 10.6. The van der Waals surface area contributed by atoms with Crippen LogP contribution in [0.25, 0.3) is 0 Å². The van der Waals surface area contributed by atoms with Crippen LogP contribution in [-0.4, -0.2) is 88.4 Å². The molecule has 6 heteroatoms. The molecule has 0 saturated carbocycles. The molecule has 0 aromatic rings. The fourth-order valence-corrected chi connectivity index (χ4v) is 3.68. The molecule has 2 rings (SSSR count). The highest BCUT2D eigenvalue weighted by Crippen LogP contribution is 2.15. The van der Waals surface area contributed by atoms with E-state index in [2.05, 4.69) is 34.4 Å². The van der Waals surface area contributed by atoms with Crippen molar-refractivity contribution in [3.8, 4) is 0 Å². The highest BCUT2D eigenvalue weighted by atomic mass is 16.5. The Morgan fingerprint density at radius 2 is 2.00 bits per heavy atom.